The number of hydrogen-bond donors (Lipinski definition) is 0. The van der Waals surface area contributed by atoms with Gasteiger partial charge in [0.2, 0.25) is 0 Å². The third-order valence-electron chi connectivity index (χ3n) is 3.43. The van der Waals surface area contributed by atoms with Crippen LogP contribution in [0, 0.1) is 22.7 Å². The second kappa shape index (κ2) is 10.1. The molecular formula is C19H16Br2N2O2. The summed E-state index contributed by atoms with van der Waals surface area (Å²) in [4.78, 5) is 0. The van der Waals surface area contributed by atoms with Crippen molar-refractivity contribution in [1.29, 1.82) is 10.5 Å². The quantitative estimate of drug-likeness (QED) is 0.479. The van der Waals surface area contributed by atoms with Gasteiger partial charge in [-0.25, -0.2) is 0 Å². The molecule has 2 aromatic rings. The number of unbranched alkanes of at least 4 members (excludes halogenated alkanes) is 2. The lowest BCUT2D eigenvalue weighted by atomic mass is 10.2. The predicted octanol–water partition coefficient (Wildman–Crippen LogP) is 5.58. The molecule has 0 saturated heterocycles. The molecule has 0 aliphatic rings. The summed E-state index contributed by atoms with van der Waals surface area (Å²) < 4.78 is 13.0. The molecule has 0 N–H and O–H groups in total. The van der Waals surface area contributed by atoms with E-state index < -0.39 is 0 Å². The average Bonchev–Trinajstić information content (AvgIpc) is 2.62. The molecule has 0 saturated carbocycles. The minimum atomic E-state index is 0.602. The fourth-order valence-corrected chi connectivity index (χ4v) is 3.11. The highest BCUT2D eigenvalue weighted by atomic mass is 79.9. The van der Waals surface area contributed by atoms with Crippen LogP contribution in [0.1, 0.15) is 30.4 Å². The van der Waals surface area contributed by atoms with E-state index in [4.69, 9.17) is 20.0 Å². The molecule has 0 unspecified atom stereocenters. The monoisotopic (exact) mass is 462 g/mol. The molecule has 2 aromatic carbocycles. The van der Waals surface area contributed by atoms with Crippen molar-refractivity contribution >= 4 is 31.9 Å². The first kappa shape index (κ1) is 19.3. The van der Waals surface area contributed by atoms with Gasteiger partial charge in [-0.2, -0.15) is 10.5 Å². The van der Waals surface area contributed by atoms with Gasteiger partial charge in [-0.3, -0.25) is 0 Å². The Morgan fingerprint density at radius 1 is 0.720 bits per heavy atom. The zero-order valence-electron chi connectivity index (χ0n) is 13.5. The number of ether oxygens (including phenoxy) is 2. The molecule has 0 aliphatic carbocycles. The van der Waals surface area contributed by atoms with Crippen molar-refractivity contribution < 1.29 is 9.47 Å². The summed E-state index contributed by atoms with van der Waals surface area (Å²) in [6, 6.07) is 14.8. The normalized spacial score (nSPS) is 9.92. The Morgan fingerprint density at radius 2 is 1.16 bits per heavy atom. The van der Waals surface area contributed by atoms with Gasteiger partial charge in [0.05, 0.1) is 45.4 Å². The van der Waals surface area contributed by atoms with Crippen LogP contribution in [0.5, 0.6) is 11.5 Å². The van der Waals surface area contributed by atoms with Crippen LogP contribution in [-0.2, 0) is 0 Å². The standard InChI is InChI=1S/C19H16Br2N2O2/c20-16-10-14(12-22)4-6-18(16)24-8-2-1-3-9-25-19-7-5-15(13-23)11-17(19)21/h4-7,10-11H,1-3,8-9H2. The molecule has 0 fully saturated rings. The molecular weight excluding hydrogens is 448 g/mol. The average molecular weight is 464 g/mol. The summed E-state index contributed by atoms with van der Waals surface area (Å²) in [7, 11) is 0. The van der Waals surface area contributed by atoms with Gasteiger partial charge in [0.15, 0.2) is 0 Å². The minimum absolute atomic E-state index is 0.602. The number of nitrogens with zero attached hydrogens (tertiary/aromatic N) is 2. The van der Waals surface area contributed by atoms with E-state index in [0.29, 0.717) is 24.3 Å². The molecule has 0 heterocycles. The van der Waals surface area contributed by atoms with E-state index in [1.54, 1.807) is 36.4 Å². The minimum Gasteiger partial charge on any atom is -0.492 e. The van der Waals surface area contributed by atoms with Gasteiger partial charge in [-0.1, -0.05) is 0 Å². The fourth-order valence-electron chi connectivity index (χ4n) is 2.12. The zero-order valence-corrected chi connectivity index (χ0v) is 16.6. The topological polar surface area (TPSA) is 66.0 Å². The highest BCUT2D eigenvalue weighted by molar-refractivity contribution is 9.10. The van der Waals surface area contributed by atoms with E-state index in [9.17, 15) is 0 Å². The molecule has 0 bridgehead atoms. The van der Waals surface area contributed by atoms with E-state index in [-0.39, 0.29) is 0 Å². The lowest BCUT2D eigenvalue weighted by molar-refractivity contribution is 0.278. The zero-order chi connectivity index (χ0) is 18.1. The van der Waals surface area contributed by atoms with Crippen molar-refractivity contribution in [2.45, 2.75) is 19.3 Å². The maximum absolute atomic E-state index is 8.83. The van der Waals surface area contributed by atoms with Crippen LogP contribution < -0.4 is 9.47 Å². The maximum atomic E-state index is 8.83. The first-order valence-corrected chi connectivity index (χ1v) is 9.37. The smallest absolute Gasteiger partial charge is 0.133 e. The molecule has 4 nitrogen and oxygen atoms in total. The number of halogens is 2. The molecule has 2 rings (SSSR count). The highest BCUT2D eigenvalue weighted by Crippen LogP contribution is 2.27. The Balaban J connectivity index is 1.64. The Bertz CT molecular complexity index is 743. The van der Waals surface area contributed by atoms with Crippen LogP contribution in [0.25, 0.3) is 0 Å². The van der Waals surface area contributed by atoms with Crippen LogP contribution in [0.15, 0.2) is 45.3 Å². The molecule has 128 valence electrons. The molecule has 0 aliphatic heterocycles. The third-order valence-corrected chi connectivity index (χ3v) is 4.67. The predicted molar refractivity (Wildman–Crippen MR) is 103 cm³/mol. The largest absolute Gasteiger partial charge is 0.492 e. The summed E-state index contributed by atoms with van der Waals surface area (Å²) in [5.74, 6) is 1.49. The fraction of sp³-hybridized carbons (Fsp3) is 0.263. The molecule has 6 heteroatoms. The van der Waals surface area contributed by atoms with Crippen molar-refractivity contribution in [2.24, 2.45) is 0 Å². The van der Waals surface area contributed by atoms with Gasteiger partial charge in [0.25, 0.3) is 0 Å². The van der Waals surface area contributed by atoms with E-state index in [1.165, 1.54) is 0 Å². The van der Waals surface area contributed by atoms with Gasteiger partial charge in [-0.15, -0.1) is 0 Å². The summed E-state index contributed by atoms with van der Waals surface area (Å²) >= 11 is 6.81. The summed E-state index contributed by atoms with van der Waals surface area (Å²) in [6.45, 7) is 1.23. The van der Waals surface area contributed by atoms with E-state index in [1.807, 2.05) is 0 Å². The third kappa shape index (κ3) is 6.08. The van der Waals surface area contributed by atoms with Crippen molar-refractivity contribution in [2.75, 3.05) is 13.2 Å². The van der Waals surface area contributed by atoms with Crippen LogP contribution in [0.3, 0.4) is 0 Å². The molecule has 0 atom stereocenters. The number of hydrogen-bond acceptors (Lipinski definition) is 4. The van der Waals surface area contributed by atoms with Crippen molar-refractivity contribution in [3.8, 4) is 23.6 Å². The van der Waals surface area contributed by atoms with Gasteiger partial charge >= 0.3 is 0 Å². The molecule has 0 spiro atoms. The van der Waals surface area contributed by atoms with E-state index >= 15 is 0 Å². The Morgan fingerprint density at radius 3 is 1.52 bits per heavy atom. The first-order valence-electron chi connectivity index (χ1n) is 7.79. The van der Waals surface area contributed by atoms with Crippen LogP contribution >= 0.6 is 31.9 Å². The van der Waals surface area contributed by atoms with Crippen LogP contribution in [0.2, 0.25) is 0 Å². The summed E-state index contributed by atoms with van der Waals surface area (Å²) in [5, 5.41) is 17.7. The van der Waals surface area contributed by atoms with Gasteiger partial charge in [0, 0.05) is 0 Å². The second-order valence-corrected chi connectivity index (χ2v) is 6.98. The molecule has 0 aromatic heterocycles. The maximum Gasteiger partial charge on any atom is 0.133 e. The van der Waals surface area contributed by atoms with Gasteiger partial charge in [-0.05, 0) is 87.5 Å². The number of rotatable bonds is 8. The lowest BCUT2D eigenvalue weighted by Gasteiger charge is -2.10. The number of nitriles is 2. The lowest BCUT2D eigenvalue weighted by Crippen LogP contribution is -2.01. The summed E-state index contributed by atoms with van der Waals surface area (Å²) in [6.07, 6.45) is 2.83. The molecule has 25 heavy (non-hydrogen) atoms. The molecule has 0 amide bonds. The van der Waals surface area contributed by atoms with Gasteiger partial charge < -0.3 is 9.47 Å². The van der Waals surface area contributed by atoms with Crippen molar-refractivity contribution in [3.63, 3.8) is 0 Å². The van der Waals surface area contributed by atoms with Crippen LogP contribution in [-0.4, -0.2) is 13.2 Å². The van der Waals surface area contributed by atoms with E-state index in [2.05, 4.69) is 44.0 Å². The second-order valence-electron chi connectivity index (χ2n) is 5.27. The SMILES string of the molecule is N#Cc1ccc(OCCCCCOc2ccc(C#N)cc2Br)c(Br)c1. The summed E-state index contributed by atoms with van der Waals surface area (Å²) in [5.41, 5.74) is 1.20. The van der Waals surface area contributed by atoms with Gasteiger partial charge in [0.1, 0.15) is 11.5 Å². The first-order chi connectivity index (χ1) is 12.1. The Labute approximate surface area is 164 Å². The highest BCUT2D eigenvalue weighted by Gasteiger charge is 2.04. The van der Waals surface area contributed by atoms with E-state index in [0.717, 1.165) is 39.7 Å². The van der Waals surface area contributed by atoms with Crippen molar-refractivity contribution in [1.82, 2.24) is 0 Å². The van der Waals surface area contributed by atoms with Crippen molar-refractivity contribution in [3.05, 3.63) is 56.5 Å². The Hall–Kier alpha value is -2.02. The Kier molecular flexibility index (Phi) is 7.78. The molecule has 0 radical (unpaired) electrons. The number of benzene rings is 2. The van der Waals surface area contributed by atoms with Crippen LogP contribution in [0.4, 0.5) is 0 Å².